The molecule has 0 bridgehead atoms. The number of benzene rings is 1. The number of Topliss-reactive ketones (excluding diaryl/α,β-unsaturated/α-hetero) is 1. The topological polar surface area (TPSA) is 66.8 Å². The van der Waals surface area contributed by atoms with Gasteiger partial charge in [-0.25, -0.2) is 0 Å². The second kappa shape index (κ2) is 3.46. The first-order valence-electron chi connectivity index (χ1n) is 5.16. The van der Waals surface area contributed by atoms with Crippen LogP contribution in [-0.2, 0) is 0 Å². The van der Waals surface area contributed by atoms with Gasteiger partial charge in [-0.05, 0) is 30.4 Å². The third-order valence-corrected chi connectivity index (χ3v) is 2.80. The SMILES string of the molecule is O=C1C2=C[C](O)C=C[C@@H]2Oc2cccc(O)c21. The van der Waals surface area contributed by atoms with E-state index in [2.05, 4.69) is 0 Å². The average Bonchev–Trinajstić information content (AvgIpc) is 2.30. The zero-order chi connectivity index (χ0) is 12.0. The van der Waals surface area contributed by atoms with Gasteiger partial charge in [0.05, 0.1) is 0 Å². The molecular formula is C13H9O4. The first kappa shape index (κ1) is 10.1. The van der Waals surface area contributed by atoms with Crippen molar-refractivity contribution in [3.8, 4) is 11.5 Å². The fourth-order valence-corrected chi connectivity index (χ4v) is 2.00. The van der Waals surface area contributed by atoms with Crippen LogP contribution in [0.5, 0.6) is 11.5 Å². The summed E-state index contributed by atoms with van der Waals surface area (Å²) in [7, 11) is 0. The molecule has 3 rings (SSSR count). The van der Waals surface area contributed by atoms with Gasteiger partial charge in [-0.1, -0.05) is 6.07 Å². The highest BCUT2D eigenvalue weighted by Gasteiger charge is 2.34. The monoisotopic (exact) mass is 229 g/mol. The molecular weight excluding hydrogens is 220 g/mol. The van der Waals surface area contributed by atoms with Crippen LogP contribution in [0.4, 0.5) is 0 Å². The highest BCUT2D eigenvalue weighted by Crippen LogP contribution is 2.38. The Hall–Kier alpha value is -2.07. The maximum atomic E-state index is 12.2. The Labute approximate surface area is 97.5 Å². The minimum Gasteiger partial charge on any atom is -0.507 e. The van der Waals surface area contributed by atoms with Crippen molar-refractivity contribution in [1.82, 2.24) is 0 Å². The zero-order valence-corrected chi connectivity index (χ0v) is 8.75. The van der Waals surface area contributed by atoms with Crippen molar-refractivity contribution >= 4 is 5.78 Å². The highest BCUT2D eigenvalue weighted by molar-refractivity contribution is 6.14. The molecule has 0 aromatic heterocycles. The van der Waals surface area contributed by atoms with Crippen LogP contribution >= 0.6 is 0 Å². The minimum absolute atomic E-state index is 0.00655. The molecule has 1 aromatic carbocycles. The molecule has 1 aliphatic heterocycles. The minimum atomic E-state index is -0.493. The van der Waals surface area contributed by atoms with Gasteiger partial charge in [0.25, 0.3) is 0 Å². The molecule has 2 aliphatic rings. The van der Waals surface area contributed by atoms with E-state index in [0.29, 0.717) is 11.3 Å². The fourth-order valence-electron chi connectivity index (χ4n) is 2.00. The summed E-state index contributed by atoms with van der Waals surface area (Å²) in [6.07, 6.45) is 3.97. The Morgan fingerprint density at radius 1 is 1.24 bits per heavy atom. The van der Waals surface area contributed by atoms with Gasteiger partial charge < -0.3 is 14.9 Å². The van der Waals surface area contributed by atoms with Gasteiger partial charge in [-0.15, -0.1) is 0 Å². The number of carbonyl (C=O) groups is 1. The van der Waals surface area contributed by atoms with Crippen molar-refractivity contribution in [2.45, 2.75) is 6.10 Å². The molecule has 0 saturated heterocycles. The van der Waals surface area contributed by atoms with Crippen LogP contribution in [0.15, 0.2) is 42.0 Å². The molecule has 1 atom stereocenters. The molecule has 1 aliphatic carbocycles. The summed E-state index contributed by atoms with van der Waals surface area (Å²) in [6.45, 7) is 0. The van der Waals surface area contributed by atoms with Crippen LogP contribution in [-0.4, -0.2) is 22.1 Å². The van der Waals surface area contributed by atoms with Crippen LogP contribution < -0.4 is 4.74 Å². The molecule has 1 aromatic rings. The Morgan fingerprint density at radius 2 is 2.06 bits per heavy atom. The molecule has 4 heteroatoms. The predicted molar refractivity (Wildman–Crippen MR) is 59.3 cm³/mol. The van der Waals surface area contributed by atoms with Crippen molar-refractivity contribution in [3.63, 3.8) is 0 Å². The highest BCUT2D eigenvalue weighted by atomic mass is 16.5. The summed E-state index contributed by atoms with van der Waals surface area (Å²) in [5.74, 6) is -0.0608. The third kappa shape index (κ3) is 1.45. The number of ether oxygens (including phenoxy) is 1. The lowest BCUT2D eigenvalue weighted by atomic mass is 9.90. The number of phenols is 1. The number of ketones is 1. The lowest BCUT2D eigenvalue weighted by Gasteiger charge is -2.28. The number of hydrogen-bond acceptors (Lipinski definition) is 4. The Balaban J connectivity index is 2.16. The summed E-state index contributed by atoms with van der Waals surface area (Å²) in [6, 6.07) is 4.69. The maximum Gasteiger partial charge on any atom is 0.200 e. The molecule has 17 heavy (non-hydrogen) atoms. The summed E-state index contributed by atoms with van der Waals surface area (Å²) in [5, 5.41) is 19.0. The second-order valence-corrected chi connectivity index (χ2v) is 3.90. The molecule has 1 radical (unpaired) electrons. The van der Waals surface area contributed by atoms with Crippen molar-refractivity contribution in [3.05, 3.63) is 53.7 Å². The molecule has 0 fully saturated rings. The Kier molecular flexibility index (Phi) is 2.06. The van der Waals surface area contributed by atoms with E-state index in [9.17, 15) is 15.0 Å². The molecule has 0 unspecified atom stereocenters. The molecule has 0 spiro atoms. The summed E-state index contributed by atoms with van der Waals surface area (Å²) >= 11 is 0. The Bertz CT molecular complexity index is 557. The van der Waals surface area contributed by atoms with E-state index in [0.717, 1.165) is 0 Å². The van der Waals surface area contributed by atoms with Gasteiger partial charge in [-0.2, -0.15) is 0 Å². The van der Waals surface area contributed by atoms with Crippen molar-refractivity contribution in [2.75, 3.05) is 0 Å². The van der Waals surface area contributed by atoms with Crippen LogP contribution in [0.2, 0.25) is 0 Å². The smallest absolute Gasteiger partial charge is 0.200 e. The Morgan fingerprint density at radius 3 is 2.88 bits per heavy atom. The van der Waals surface area contributed by atoms with E-state index in [1.54, 1.807) is 18.2 Å². The largest absolute Gasteiger partial charge is 0.507 e. The van der Waals surface area contributed by atoms with Crippen LogP contribution in [0, 0.1) is 6.10 Å². The normalized spacial score (nSPS) is 22.5. The summed E-state index contributed by atoms with van der Waals surface area (Å²) in [4.78, 5) is 12.2. The van der Waals surface area contributed by atoms with Crippen LogP contribution in [0.1, 0.15) is 10.4 Å². The third-order valence-electron chi connectivity index (χ3n) is 2.80. The van der Waals surface area contributed by atoms with E-state index >= 15 is 0 Å². The van der Waals surface area contributed by atoms with E-state index in [4.69, 9.17) is 4.74 Å². The number of aromatic hydroxyl groups is 1. The van der Waals surface area contributed by atoms with Gasteiger partial charge in [-0.3, -0.25) is 4.79 Å². The van der Waals surface area contributed by atoms with Crippen LogP contribution in [0.25, 0.3) is 0 Å². The first-order valence-corrected chi connectivity index (χ1v) is 5.16. The van der Waals surface area contributed by atoms with Gasteiger partial charge in [0.15, 0.2) is 5.78 Å². The van der Waals surface area contributed by atoms with Gasteiger partial charge in [0.1, 0.15) is 29.3 Å². The fraction of sp³-hybridized carbons (Fsp3) is 0.0769. The maximum absolute atomic E-state index is 12.2. The van der Waals surface area contributed by atoms with E-state index in [1.807, 2.05) is 0 Å². The number of aliphatic hydroxyl groups is 1. The van der Waals surface area contributed by atoms with E-state index in [-0.39, 0.29) is 23.2 Å². The quantitative estimate of drug-likeness (QED) is 0.711. The van der Waals surface area contributed by atoms with E-state index < -0.39 is 6.10 Å². The van der Waals surface area contributed by atoms with E-state index in [1.165, 1.54) is 18.2 Å². The molecule has 2 N–H and O–H groups in total. The number of fused-ring (bicyclic) bond motifs is 2. The number of aliphatic hydroxyl groups excluding tert-OH is 1. The molecule has 85 valence electrons. The van der Waals surface area contributed by atoms with Gasteiger partial charge in [0, 0.05) is 5.57 Å². The number of carbonyl (C=O) groups excluding carboxylic acids is 1. The van der Waals surface area contributed by atoms with Crippen LogP contribution in [0.3, 0.4) is 0 Å². The summed E-state index contributed by atoms with van der Waals surface area (Å²) in [5.41, 5.74) is 0.483. The number of phenolic OH excluding ortho intramolecular Hbond substituents is 1. The molecule has 0 amide bonds. The molecule has 0 saturated carbocycles. The van der Waals surface area contributed by atoms with Gasteiger partial charge in [0.2, 0.25) is 0 Å². The molecule has 4 nitrogen and oxygen atoms in total. The van der Waals surface area contributed by atoms with Gasteiger partial charge >= 0.3 is 0 Å². The predicted octanol–water partition coefficient (Wildman–Crippen LogP) is 1.74. The standard InChI is InChI=1S/C13H9O4/c14-7-4-5-10-8(6-7)13(16)12-9(15)2-1-3-11(12)17-10/h1-6,10,14-15H/t10-/m0/s1. The van der Waals surface area contributed by atoms with Crippen molar-refractivity contribution < 1.29 is 19.7 Å². The number of rotatable bonds is 0. The zero-order valence-electron chi connectivity index (χ0n) is 8.75. The number of hydrogen-bond donors (Lipinski definition) is 2. The second-order valence-electron chi connectivity index (χ2n) is 3.90. The van der Waals surface area contributed by atoms with Crippen molar-refractivity contribution in [2.24, 2.45) is 0 Å². The lowest BCUT2D eigenvalue weighted by Crippen LogP contribution is -2.30. The first-order chi connectivity index (χ1) is 8.16. The summed E-state index contributed by atoms with van der Waals surface area (Å²) < 4.78 is 5.58. The average molecular weight is 229 g/mol. The molecule has 1 heterocycles. The van der Waals surface area contributed by atoms with Crippen molar-refractivity contribution in [1.29, 1.82) is 0 Å². The lowest BCUT2D eigenvalue weighted by molar-refractivity contribution is 0.0973.